The number of hydrogen-bond acceptors (Lipinski definition) is 3. The van der Waals surface area contributed by atoms with E-state index in [4.69, 9.17) is 4.74 Å². The molecule has 1 N–H and O–H groups in total. The van der Waals surface area contributed by atoms with Crippen molar-refractivity contribution in [2.24, 2.45) is 5.92 Å². The maximum atomic E-state index is 5.67. The quantitative estimate of drug-likeness (QED) is 0.885. The van der Waals surface area contributed by atoms with E-state index >= 15 is 0 Å². The summed E-state index contributed by atoms with van der Waals surface area (Å²) >= 11 is 0. The molecule has 3 nitrogen and oxygen atoms in total. The van der Waals surface area contributed by atoms with Crippen LogP contribution in [0.25, 0.3) is 0 Å². The van der Waals surface area contributed by atoms with E-state index in [0.717, 1.165) is 37.6 Å². The molecule has 0 radical (unpaired) electrons. The second-order valence-electron chi connectivity index (χ2n) is 5.59. The largest absolute Gasteiger partial charge is 0.381 e. The molecule has 19 heavy (non-hydrogen) atoms. The van der Waals surface area contributed by atoms with E-state index in [2.05, 4.69) is 43.2 Å². The van der Waals surface area contributed by atoms with E-state index in [-0.39, 0.29) is 0 Å². The van der Waals surface area contributed by atoms with Crippen LogP contribution in [-0.4, -0.2) is 24.7 Å². The minimum absolute atomic E-state index is 0.403. The van der Waals surface area contributed by atoms with Crippen molar-refractivity contribution < 1.29 is 4.74 Å². The predicted molar refractivity (Wildman–Crippen MR) is 78.3 cm³/mol. The highest BCUT2D eigenvalue weighted by Gasteiger charge is 2.25. The third-order valence-electron chi connectivity index (χ3n) is 3.74. The first kappa shape index (κ1) is 14.5. The average Bonchev–Trinajstić information content (AvgIpc) is 2.39. The zero-order valence-electron chi connectivity index (χ0n) is 12.4. The second kappa shape index (κ2) is 7.01. The minimum Gasteiger partial charge on any atom is -0.381 e. The molecule has 2 unspecified atom stereocenters. The molecule has 0 bridgehead atoms. The number of aryl methyl sites for hydroxylation is 2. The lowest BCUT2D eigenvalue weighted by atomic mass is 9.88. The van der Waals surface area contributed by atoms with Crippen molar-refractivity contribution in [2.45, 2.75) is 46.1 Å². The van der Waals surface area contributed by atoms with Gasteiger partial charge in [0.25, 0.3) is 0 Å². The third kappa shape index (κ3) is 4.02. The fourth-order valence-corrected chi connectivity index (χ4v) is 2.93. The zero-order valence-corrected chi connectivity index (χ0v) is 12.4. The molecule has 1 aromatic heterocycles. The van der Waals surface area contributed by atoms with E-state index in [1.165, 1.54) is 18.4 Å². The van der Waals surface area contributed by atoms with E-state index in [9.17, 15) is 0 Å². The van der Waals surface area contributed by atoms with Crippen molar-refractivity contribution in [2.75, 3.05) is 19.8 Å². The Balaban J connectivity index is 2.19. The third-order valence-corrected chi connectivity index (χ3v) is 3.74. The summed E-state index contributed by atoms with van der Waals surface area (Å²) in [5.41, 5.74) is 3.58. The van der Waals surface area contributed by atoms with Crippen molar-refractivity contribution in [3.8, 4) is 0 Å². The SMILES string of the molecule is CCCNC(c1cc(C)nc(C)c1)C1CCCOC1. The Morgan fingerprint density at radius 2 is 2.11 bits per heavy atom. The van der Waals surface area contributed by atoms with Crippen molar-refractivity contribution in [1.29, 1.82) is 0 Å². The van der Waals surface area contributed by atoms with Crippen LogP contribution in [0, 0.1) is 19.8 Å². The van der Waals surface area contributed by atoms with Gasteiger partial charge in [-0.25, -0.2) is 0 Å². The smallest absolute Gasteiger partial charge is 0.0512 e. The molecule has 1 aliphatic rings. The van der Waals surface area contributed by atoms with Crippen LogP contribution in [0.2, 0.25) is 0 Å². The Bertz CT molecular complexity index is 379. The lowest BCUT2D eigenvalue weighted by molar-refractivity contribution is 0.0390. The first-order chi connectivity index (χ1) is 9.20. The van der Waals surface area contributed by atoms with E-state index in [1.807, 2.05) is 0 Å². The van der Waals surface area contributed by atoms with Gasteiger partial charge in [0.15, 0.2) is 0 Å². The van der Waals surface area contributed by atoms with Gasteiger partial charge in [-0.15, -0.1) is 0 Å². The Labute approximate surface area is 116 Å². The maximum absolute atomic E-state index is 5.67. The number of aromatic nitrogens is 1. The number of hydrogen-bond donors (Lipinski definition) is 1. The van der Waals surface area contributed by atoms with Gasteiger partial charge in [0.05, 0.1) is 6.61 Å². The molecule has 0 spiro atoms. The molecular formula is C16H26N2O. The summed E-state index contributed by atoms with van der Waals surface area (Å²) in [7, 11) is 0. The average molecular weight is 262 g/mol. The fourth-order valence-electron chi connectivity index (χ4n) is 2.93. The minimum atomic E-state index is 0.403. The molecule has 0 aromatic carbocycles. The molecule has 0 aliphatic carbocycles. The van der Waals surface area contributed by atoms with Gasteiger partial charge in [0, 0.05) is 30.0 Å². The van der Waals surface area contributed by atoms with Gasteiger partial charge in [0.2, 0.25) is 0 Å². The highest BCUT2D eigenvalue weighted by atomic mass is 16.5. The van der Waals surface area contributed by atoms with Gasteiger partial charge in [-0.3, -0.25) is 4.98 Å². The van der Waals surface area contributed by atoms with Gasteiger partial charge in [-0.2, -0.15) is 0 Å². The Morgan fingerprint density at radius 1 is 1.37 bits per heavy atom. The van der Waals surface area contributed by atoms with Crippen molar-refractivity contribution in [3.63, 3.8) is 0 Å². The summed E-state index contributed by atoms with van der Waals surface area (Å²) in [5.74, 6) is 0.585. The number of pyridine rings is 1. The fraction of sp³-hybridized carbons (Fsp3) is 0.688. The van der Waals surface area contributed by atoms with Crippen molar-refractivity contribution in [3.05, 3.63) is 29.1 Å². The molecule has 2 heterocycles. The molecule has 0 saturated carbocycles. The van der Waals surface area contributed by atoms with Crippen molar-refractivity contribution in [1.82, 2.24) is 10.3 Å². The van der Waals surface area contributed by atoms with Gasteiger partial charge in [0.1, 0.15) is 0 Å². The zero-order chi connectivity index (χ0) is 13.7. The molecule has 1 fully saturated rings. The van der Waals surface area contributed by atoms with Crippen LogP contribution in [0.4, 0.5) is 0 Å². The van der Waals surface area contributed by atoms with Crippen LogP contribution >= 0.6 is 0 Å². The molecule has 1 aromatic rings. The molecule has 2 atom stereocenters. The van der Waals surface area contributed by atoms with E-state index in [0.29, 0.717) is 12.0 Å². The van der Waals surface area contributed by atoms with Crippen LogP contribution in [0.3, 0.4) is 0 Å². The summed E-state index contributed by atoms with van der Waals surface area (Å²) in [6, 6.07) is 4.84. The molecular weight excluding hydrogens is 236 g/mol. The summed E-state index contributed by atoms with van der Waals surface area (Å²) in [5, 5.41) is 3.70. The van der Waals surface area contributed by atoms with Crippen LogP contribution in [0.15, 0.2) is 12.1 Å². The van der Waals surface area contributed by atoms with Crippen molar-refractivity contribution >= 4 is 0 Å². The van der Waals surface area contributed by atoms with Crippen LogP contribution < -0.4 is 5.32 Å². The van der Waals surface area contributed by atoms with Gasteiger partial charge in [-0.1, -0.05) is 6.92 Å². The van der Waals surface area contributed by atoms with Crippen LogP contribution in [-0.2, 0) is 4.74 Å². The highest BCUT2D eigenvalue weighted by molar-refractivity contribution is 5.24. The van der Waals surface area contributed by atoms with Crippen LogP contribution in [0.5, 0.6) is 0 Å². The topological polar surface area (TPSA) is 34.2 Å². The second-order valence-corrected chi connectivity index (χ2v) is 5.59. The Morgan fingerprint density at radius 3 is 2.68 bits per heavy atom. The number of nitrogens with one attached hydrogen (secondary N) is 1. The number of rotatable bonds is 5. The summed E-state index contributed by atoms with van der Waals surface area (Å²) in [4.78, 5) is 4.48. The highest BCUT2D eigenvalue weighted by Crippen LogP contribution is 2.29. The van der Waals surface area contributed by atoms with Gasteiger partial charge >= 0.3 is 0 Å². The normalized spacial score (nSPS) is 21.3. The molecule has 0 amide bonds. The molecule has 1 aliphatic heterocycles. The van der Waals surface area contributed by atoms with Crippen LogP contribution in [0.1, 0.15) is 49.2 Å². The summed E-state index contributed by atoms with van der Waals surface area (Å²) in [6.45, 7) is 9.22. The number of ether oxygens (including phenoxy) is 1. The molecule has 106 valence electrons. The molecule has 1 saturated heterocycles. The maximum Gasteiger partial charge on any atom is 0.0512 e. The van der Waals surface area contributed by atoms with Gasteiger partial charge in [-0.05, 0) is 57.4 Å². The first-order valence-electron chi connectivity index (χ1n) is 7.47. The molecule has 3 heteroatoms. The summed E-state index contributed by atoms with van der Waals surface area (Å²) < 4.78 is 5.67. The first-order valence-corrected chi connectivity index (χ1v) is 7.47. The number of nitrogens with zero attached hydrogens (tertiary/aromatic N) is 1. The summed E-state index contributed by atoms with van der Waals surface area (Å²) in [6.07, 6.45) is 3.59. The lowest BCUT2D eigenvalue weighted by Crippen LogP contribution is -2.34. The monoisotopic (exact) mass is 262 g/mol. The lowest BCUT2D eigenvalue weighted by Gasteiger charge is -2.31. The van der Waals surface area contributed by atoms with E-state index in [1.54, 1.807) is 0 Å². The Kier molecular flexibility index (Phi) is 5.34. The van der Waals surface area contributed by atoms with Gasteiger partial charge < -0.3 is 10.1 Å². The molecule has 2 rings (SSSR count). The standard InChI is InChI=1S/C16H26N2O/c1-4-7-17-16(14-6-5-8-19-11-14)15-9-12(2)18-13(3)10-15/h9-10,14,16-17H,4-8,11H2,1-3H3. The predicted octanol–water partition coefficient (Wildman–Crippen LogP) is 3.17. The Hall–Kier alpha value is -0.930. The van der Waals surface area contributed by atoms with E-state index < -0.39 is 0 Å².